The number of benzene rings is 3. The highest BCUT2D eigenvalue weighted by Crippen LogP contribution is 2.31. The molecule has 1 heterocycles. The minimum Gasteiger partial charge on any atom is -0.354 e. The number of hydrogen-bond acceptors (Lipinski definition) is 2. The summed E-state index contributed by atoms with van der Waals surface area (Å²) >= 11 is 0. The lowest BCUT2D eigenvalue weighted by Gasteiger charge is -2.13. The Balaban J connectivity index is 1.53. The number of aromatic nitrogens is 1. The molecule has 4 aromatic rings. The number of carbonyl (C=O) groups excluding carboxylic acids is 2. The quantitative estimate of drug-likeness (QED) is 0.298. The second kappa shape index (κ2) is 9.91. The van der Waals surface area contributed by atoms with Crippen LogP contribution in [0.15, 0.2) is 66.7 Å². The largest absolute Gasteiger partial charge is 0.354 e. The van der Waals surface area contributed by atoms with Gasteiger partial charge in [0.25, 0.3) is 0 Å². The second-order valence-electron chi connectivity index (χ2n) is 8.75. The minimum absolute atomic E-state index is 0.0752. The zero-order chi connectivity index (χ0) is 24.2. The third-order valence-electron chi connectivity index (χ3n) is 5.85. The zero-order valence-corrected chi connectivity index (χ0v) is 19.5. The summed E-state index contributed by atoms with van der Waals surface area (Å²) < 4.78 is 13.5. The third-order valence-corrected chi connectivity index (χ3v) is 5.85. The number of hydrogen-bond donors (Lipinski definition) is 3. The Morgan fingerprint density at radius 3 is 2.44 bits per heavy atom. The summed E-state index contributed by atoms with van der Waals surface area (Å²) in [5, 5.41) is 6.89. The predicted molar refractivity (Wildman–Crippen MR) is 135 cm³/mol. The van der Waals surface area contributed by atoms with E-state index in [9.17, 15) is 14.0 Å². The van der Waals surface area contributed by atoms with Crippen LogP contribution in [-0.4, -0.2) is 16.8 Å². The summed E-state index contributed by atoms with van der Waals surface area (Å²) in [4.78, 5) is 28.3. The van der Waals surface area contributed by atoms with Crippen LogP contribution in [0.5, 0.6) is 0 Å². The van der Waals surface area contributed by atoms with Gasteiger partial charge < -0.3 is 15.6 Å². The Morgan fingerprint density at radius 2 is 1.71 bits per heavy atom. The number of fused-ring (bicyclic) bond motifs is 1. The first-order valence-corrected chi connectivity index (χ1v) is 11.4. The first kappa shape index (κ1) is 23.2. The number of halogens is 1. The molecule has 0 aliphatic rings. The Labute approximate surface area is 198 Å². The van der Waals surface area contributed by atoms with Gasteiger partial charge in [-0.3, -0.25) is 9.59 Å². The predicted octanol–water partition coefficient (Wildman–Crippen LogP) is 6.45. The number of aryl methyl sites for hydroxylation is 2. The van der Waals surface area contributed by atoms with Crippen LogP contribution in [-0.2, 0) is 16.0 Å². The number of amides is 2. The lowest BCUT2D eigenvalue weighted by Crippen LogP contribution is -2.18. The molecule has 0 aliphatic heterocycles. The van der Waals surface area contributed by atoms with Crippen LogP contribution in [0, 0.1) is 18.7 Å². The van der Waals surface area contributed by atoms with Gasteiger partial charge in [-0.1, -0.05) is 38.1 Å². The van der Waals surface area contributed by atoms with Crippen molar-refractivity contribution in [3.8, 4) is 11.3 Å². The van der Waals surface area contributed by atoms with E-state index in [2.05, 4.69) is 15.6 Å². The number of para-hydroxylation sites is 1. The normalized spacial score (nSPS) is 11.1. The smallest absolute Gasteiger partial charge is 0.226 e. The molecule has 0 radical (unpaired) electrons. The van der Waals surface area contributed by atoms with Crippen LogP contribution in [0.2, 0.25) is 0 Å². The Hall–Kier alpha value is -3.93. The van der Waals surface area contributed by atoms with Gasteiger partial charge in [-0.05, 0) is 72.5 Å². The van der Waals surface area contributed by atoms with Crippen molar-refractivity contribution in [2.45, 2.75) is 33.6 Å². The van der Waals surface area contributed by atoms with Gasteiger partial charge in [0.2, 0.25) is 11.8 Å². The van der Waals surface area contributed by atoms with Crippen molar-refractivity contribution < 1.29 is 14.0 Å². The maximum absolute atomic E-state index is 13.5. The van der Waals surface area contributed by atoms with Gasteiger partial charge in [-0.25, -0.2) is 4.39 Å². The molecule has 4 rings (SSSR count). The average molecular weight is 458 g/mol. The number of aromatic amines is 1. The first-order valence-electron chi connectivity index (χ1n) is 11.4. The monoisotopic (exact) mass is 457 g/mol. The molecule has 0 unspecified atom stereocenters. The summed E-state index contributed by atoms with van der Waals surface area (Å²) in [6, 6.07) is 19.8. The highest BCUT2D eigenvalue weighted by Gasteiger charge is 2.15. The van der Waals surface area contributed by atoms with Crippen LogP contribution in [0.25, 0.3) is 22.2 Å². The zero-order valence-electron chi connectivity index (χ0n) is 19.5. The van der Waals surface area contributed by atoms with E-state index >= 15 is 0 Å². The van der Waals surface area contributed by atoms with E-state index in [1.807, 2.05) is 57.2 Å². The van der Waals surface area contributed by atoms with Crippen molar-refractivity contribution in [3.05, 3.63) is 83.7 Å². The molecule has 3 aromatic carbocycles. The highest BCUT2D eigenvalue weighted by molar-refractivity contribution is 5.96. The molecule has 174 valence electrons. The first-order chi connectivity index (χ1) is 16.3. The van der Waals surface area contributed by atoms with Crippen molar-refractivity contribution >= 4 is 34.1 Å². The SMILES string of the molecule is Cc1ccc(NC(=O)C(C)C)cc1NC(=O)CCc1c(-c2ccc(F)cc2)[nH]c2ccccc12. The van der Waals surface area contributed by atoms with Crippen molar-refractivity contribution in [2.24, 2.45) is 5.92 Å². The molecule has 0 saturated carbocycles. The number of anilines is 2. The van der Waals surface area contributed by atoms with Crippen LogP contribution < -0.4 is 10.6 Å². The van der Waals surface area contributed by atoms with Gasteiger partial charge in [0.1, 0.15) is 5.82 Å². The van der Waals surface area contributed by atoms with Crippen molar-refractivity contribution in [1.82, 2.24) is 4.98 Å². The fourth-order valence-corrected chi connectivity index (χ4v) is 3.89. The maximum atomic E-state index is 13.5. The van der Waals surface area contributed by atoms with Crippen LogP contribution in [0.3, 0.4) is 0 Å². The molecule has 3 N–H and O–H groups in total. The molecule has 0 bridgehead atoms. The average Bonchev–Trinajstić information content (AvgIpc) is 3.19. The van der Waals surface area contributed by atoms with E-state index in [1.165, 1.54) is 12.1 Å². The minimum atomic E-state index is -0.289. The molecular weight excluding hydrogens is 429 g/mol. The molecule has 0 saturated heterocycles. The van der Waals surface area contributed by atoms with Crippen LogP contribution >= 0.6 is 0 Å². The maximum Gasteiger partial charge on any atom is 0.226 e. The summed E-state index contributed by atoms with van der Waals surface area (Å²) in [6.45, 7) is 5.57. The lowest BCUT2D eigenvalue weighted by atomic mass is 10.0. The van der Waals surface area contributed by atoms with Crippen molar-refractivity contribution in [1.29, 1.82) is 0 Å². The van der Waals surface area contributed by atoms with E-state index in [1.54, 1.807) is 18.2 Å². The molecule has 6 heteroatoms. The highest BCUT2D eigenvalue weighted by atomic mass is 19.1. The van der Waals surface area contributed by atoms with Gasteiger partial charge in [0.15, 0.2) is 0 Å². The number of rotatable bonds is 7. The number of H-pyrrole nitrogens is 1. The van der Waals surface area contributed by atoms with Gasteiger partial charge in [-0.15, -0.1) is 0 Å². The number of carbonyl (C=O) groups is 2. The van der Waals surface area contributed by atoms with Gasteiger partial charge in [0.05, 0.1) is 0 Å². The van der Waals surface area contributed by atoms with Crippen molar-refractivity contribution in [2.75, 3.05) is 10.6 Å². The summed E-state index contributed by atoms with van der Waals surface area (Å²) in [6.07, 6.45) is 0.795. The van der Waals surface area contributed by atoms with Gasteiger partial charge in [0, 0.05) is 40.3 Å². The Bertz CT molecular complexity index is 1340. The molecule has 1 aromatic heterocycles. The van der Waals surface area contributed by atoms with E-state index in [4.69, 9.17) is 0 Å². The second-order valence-corrected chi connectivity index (χ2v) is 8.75. The summed E-state index contributed by atoms with van der Waals surface area (Å²) in [7, 11) is 0. The summed E-state index contributed by atoms with van der Waals surface area (Å²) in [5.74, 6) is -0.617. The van der Waals surface area contributed by atoms with E-state index in [0.29, 0.717) is 17.8 Å². The molecular formula is C28H28FN3O2. The lowest BCUT2D eigenvalue weighted by molar-refractivity contribution is -0.119. The molecule has 2 amide bonds. The van der Waals surface area contributed by atoms with E-state index < -0.39 is 0 Å². The molecule has 0 spiro atoms. The Kier molecular flexibility index (Phi) is 6.77. The summed E-state index contributed by atoms with van der Waals surface area (Å²) in [5.41, 5.74) is 5.99. The van der Waals surface area contributed by atoms with E-state index in [-0.39, 0.29) is 30.0 Å². The van der Waals surface area contributed by atoms with Gasteiger partial charge in [-0.2, -0.15) is 0 Å². The van der Waals surface area contributed by atoms with Crippen LogP contribution in [0.1, 0.15) is 31.4 Å². The van der Waals surface area contributed by atoms with E-state index in [0.717, 1.165) is 33.3 Å². The van der Waals surface area contributed by atoms with Gasteiger partial charge >= 0.3 is 0 Å². The fraction of sp³-hybridized carbons (Fsp3) is 0.214. The fourth-order valence-electron chi connectivity index (χ4n) is 3.89. The van der Waals surface area contributed by atoms with Crippen molar-refractivity contribution in [3.63, 3.8) is 0 Å². The standard InChI is InChI=1S/C28H28FN3O2/c1-17(2)28(34)30-21-13-8-18(3)25(16-21)31-26(33)15-14-23-22-6-4-5-7-24(22)32-27(23)19-9-11-20(29)12-10-19/h4-13,16-17,32H,14-15H2,1-3H3,(H,30,34)(H,31,33). The molecule has 5 nitrogen and oxygen atoms in total. The molecule has 0 fully saturated rings. The molecule has 34 heavy (non-hydrogen) atoms. The number of nitrogens with one attached hydrogen (secondary N) is 3. The van der Waals surface area contributed by atoms with Crippen LogP contribution in [0.4, 0.5) is 15.8 Å². The topological polar surface area (TPSA) is 74.0 Å². The Morgan fingerprint density at radius 1 is 0.971 bits per heavy atom. The molecule has 0 aliphatic carbocycles. The third kappa shape index (κ3) is 5.17. The molecule has 0 atom stereocenters.